The fourth-order valence-corrected chi connectivity index (χ4v) is 2.59. The van der Waals surface area contributed by atoms with Gasteiger partial charge in [-0.1, -0.05) is 6.92 Å². The molecule has 2 aliphatic heterocycles. The lowest BCUT2D eigenvalue weighted by Crippen LogP contribution is -2.44. The molecule has 7 heteroatoms. The van der Waals surface area contributed by atoms with Crippen LogP contribution in [-0.2, 0) is 19.1 Å². The summed E-state index contributed by atoms with van der Waals surface area (Å²) in [6.07, 6.45) is 1.16. The number of ether oxygens (including phenoxy) is 1. The number of amides is 3. The van der Waals surface area contributed by atoms with E-state index in [1.807, 2.05) is 0 Å². The largest absolute Gasteiger partial charge is 0.378 e. The second-order valence-corrected chi connectivity index (χ2v) is 5.64. The highest BCUT2D eigenvalue weighted by Gasteiger charge is 2.27. The van der Waals surface area contributed by atoms with E-state index in [1.54, 1.807) is 9.80 Å². The molecule has 2 saturated heterocycles. The number of morpholine rings is 1. The van der Waals surface area contributed by atoms with Crippen molar-refractivity contribution in [2.45, 2.75) is 19.8 Å². The van der Waals surface area contributed by atoms with Gasteiger partial charge in [0.05, 0.1) is 13.2 Å². The SMILES string of the molecule is CC1CCN(C(=O)C(=O)NCCC(=O)N2CCOCC2)C1. The van der Waals surface area contributed by atoms with Gasteiger partial charge in [-0.25, -0.2) is 0 Å². The number of likely N-dealkylation sites (tertiary alicyclic amines) is 1. The fourth-order valence-electron chi connectivity index (χ4n) is 2.59. The Kier molecular flexibility index (Phi) is 5.55. The zero-order chi connectivity index (χ0) is 15.2. The van der Waals surface area contributed by atoms with E-state index in [4.69, 9.17) is 4.74 Å². The molecule has 0 spiro atoms. The van der Waals surface area contributed by atoms with Gasteiger partial charge in [-0.2, -0.15) is 0 Å². The van der Waals surface area contributed by atoms with Crippen molar-refractivity contribution in [2.75, 3.05) is 45.9 Å². The molecule has 0 aliphatic carbocycles. The Morgan fingerprint density at radius 3 is 2.48 bits per heavy atom. The van der Waals surface area contributed by atoms with Gasteiger partial charge in [-0.3, -0.25) is 14.4 Å². The van der Waals surface area contributed by atoms with E-state index in [0.29, 0.717) is 45.3 Å². The standard InChI is InChI=1S/C14H23N3O4/c1-11-3-5-17(10-11)14(20)13(19)15-4-2-12(18)16-6-8-21-9-7-16/h11H,2-10H2,1H3,(H,15,19). The molecule has 0 bridgehead atoms. The Morgan fingerprint density at radius 2 is 1.86 bits per heavy atom. The van der Waals surface area contributed by atoms with Crippen LogP contribution in [0.3, 0.4) is 0 Å². The molecule has 0 aromatic rings. The second-order valence-electron chi connectivity index (χ2n) is 5.64. The molecule has 21 heavy (non-hydrogen) atoms. The van der Waals surface area contributed by atoms with Gasteiger partial charge in [0.15, 0.2) is 0 Å². The lowest BCUT2D eigenvalue weighted by molar-refractivity contribution is -0.145. The maximum absolute atomic E-state index is 11.9. The molecule has 2 heterocycles. The Labute approximate surface area is 124 Å². The normalized spacial score (nSPS) is 22.2. The molecular formula is C14H23N3O4. The third-order valence-corrected chi connectivity index (χ3v) is 3.89. The summed E-state index contributed by atoms with van der Waals surface area (Å²) in [4.78, 5) is 38.8. The van der Waals surface area contributed by atoms with Crippen molar-refractivity contribution in [3.05, 3.63) is 0 Å². The minimum absolute atomic E-state index is 0.0131. The summed E-state index contributed by atoms with van der Waals surface area (Å²) in [5, 5.41) is 2.54. The van der Waals surface area contributed by atoms with Crippen molar-refractivity contribution in [3.8, 4) is 0 Å². The first kappa shape index (κ1) is 15.8. The molecule has 7 nitrogen and oxygen atoms in total. The fraction of sp³-hybridized carbons (Fsp3) is 0.786. The highest BCUT2D eigenvalue weighted by atomic mass is 16.5. The molecule has 2 rings (SSSR count). The average molecular weight is 297 g/mol. The summed E-state index contributed by atoms with van der Waals surface area (Å²) in [5.74, 6) is -0.664. The molecule has 2 fully saturated rings. The zero-order valence-electron chi connectivity index (χ0n) is 12.5. The van der Waals surface area contributed by atoms with Crippen LogP contribution in [0.2, 0.25) is 0 Å². The smallest absolute Gasteiger partial charge is 0.311 e. The van der Waals surface area contributed by atoms with Crippen LogP contribution in [0.4, 0.5) is 0 Å². The van der Waals surface area contributed by atoms with E-state index in [0.717, 1.165) is 6.42 Å². The van der Waals surface area contributed by atoms with Gasteiger partial charge >= 0.3 is 11.8 Å². The number of hydrogen-bond donors (Lipinski definition) is 1. The van der Waals surface area contributed by atoms with Crippen LogP contribution in [0.5, 0.6) is 0 Å². The molecule has 0 aromatic carbocycles. The summed E-state index contributed by atoms with van der Waals surface area (Å²) >= 11 is 0. The van der Waals surface area contributed by atoms with Crippen LogP contribution in [-0.4, -0.2) is 73.5 Å². The number of hydrogen-bond acceptors (Lipinski definition) is 4. The second kappa shape index (κ2) is 7.40. The van der Waals surface area contributed by atoms with Gasteiger partial charge in [0.2, 0.25) is 5.91 Å². The quantitative estimate of drug-likeness (QED) is 0.693. The first-order valence-electron chi connectivity index (χ1n) is 7.50. The number of nitrogens with one attached hydrogen (secondary N) is 1. The minimum atomic E-state index is -0.612. The van der Waals surface area contributed by atoms with E-state index in [9.17, 15) is 14.4 Å². The lowest BCUT2D eigenvalue weighted by atomic mass is 10.2. The van der Waals surface area contributed by atoms with E-state index in [1.165, 1.54) is 0 Å². The predicted molar refractivity (Wildman–Crippen MR) is 75.4 cm³/mol. The molecule has 0 radical (unpaired) electrons. The Hall–Kier alpha value is -1.63. The van der Waals surface area contributed by atoms with Crippen molar-refractivity contribution < 1.29 is 19.1 Å². The third kappa shape index (κ3) is 4.42. The molecule has 0 saturated carbocycles. The van der Waals surface area contributed by atoms with Gasteiger partial charge in [0.25, 0.3) is 0 Å². The van der Waals surface area contributed by atoms with E-state index < -0.39 is 11.8 Å². The Morgan fingerprint density at radius 1 is 1.14 bits per heavy atom. The van der Waals surface area contributed by atoms with Crippen LogP contribution >= 0.6 is 0 Å². The van der Waals surface area contributed by atoms with Gasteiger partial charge in [-0.15, -0.1) is 0 Å². The van der Waals surface area contributed by atoms with E-state index in [-0.39, 0.29) is 18.9 Å². The molecule has 3 amide bonds. The lowest BCUT2D eigenvalue weighted by Gasteiger charge is -2.26. The van der Waals surface area contributed by atoms with Crippen LogP contribution in [0.1, 0.15) is 19.8 Å². The van der Waals surface area contributed by atoms with Gasteiger partial charge in [0.1, 0.15) is 0 Å². The van der Waals surface area contributed by atoms with Gasteiger partial charge in [0, 0.05) is 39.1 Å². The zero-order valence-corrected chi connectivity index (χ0v) is 12.5. The summed E-state index contributed by atoms with van der Waals surface area (Å²) < 4.78 is 5.18. The van der Waals surface area contributed by atoms with Crippen LogP contribution in [0, 0.1) is 5.92 Å². The Balaban J connectivity index is 1.66. The molecule has 1 atom stereocenters. The van der Waals surface area contributed by atoms with Crippen LogP contribution in [0.25, 0.3) is 0 Å². The number of rotatable bonds is 3. The topological polar surface area (TPSA) is 79.0 Å². The Bertz CT molecular complexity index is 407. The summed E-state index contributed by atoms with van der Waals surface area (Å²) in [7, 11) is 0. The number of nitrogens with zero attached hydrogens (tertiary/aromatic N) is 2. The summed E-state index contributed by atoms with van der Waals surface area (Å²) in [6.45, 7) is 5.84. The molecule has 2 aliphatic rings. The maximum Gasteiger partial charge on any atom is 0.311 e. The average Bonchev–Trinajstić information content (AvgIpc) is 2.93. The predicted octanol–water partition coefficient (Wildman–Crippen LogP) is -0.780. The molecule has 1 unspecified atom stereocenters. The first-order chi connectivity index (χ1) is 10.1. The third-order valence-electron chi connectivity index (χ3n) is 3.89. The maximum atomic E-state index is 11.9. The van der Waals surface area contributed by atoms with Crippen molar-refractivity contribution in [2.24, 2.45) is 5.92 Å². The van der Waals surface area contributed by atoms with Crippen molar-refractivity contribution in [1.82, 2.24) is 15.1 Å². The van der Waals surface area contributed by atoms with Gasteiger partial charge < -0.3 is 19.9 Å². The van der Waals surface area contributed by atoms with Crippen molar-refractivity contribution in [3.63, 3.8) is 0 Å². The molecule has 1 N–H and O–H groups in total. The van der Waals surface area contributed by atoms with Crippen LogP contribution in [0.15, 0.2) is 0 Å². The molecule has 0 aromatic heterocycles. The number of carbonyl (C=O) groups excluding carboxylic acids is 3. The van der Waals surface area contributed by atoms with Crippen LogP contribution < -0.4 is 5.32 Å². The summed E-state index contributed by atoms with van der Waals surface area (Å²) in [5.41, 5.74) is 0. The molecular weight excluding hydrogens is 274 g/mol. The molecule has 118 valence electrons. The van der Waals surface area contributed by atoms with Crippen molar-refractivity contribution >= 4 is 17.7 Å². The van der Waals surface area contributed by atoms with Gasteiger partial charge in [-0.05, 0) is 12.3 Å². The van der Waals surface area contributed by atoms with E-state index in [2.05, 4.69) is 12.2 Å². The highest BCUT2D eigenvalue weighted by molar-refractivity contribution is 6.35. The van der Waals surface area contributed by atoms with Crippen molar-refractivity contribution in [1.29, 1.82) is 0 Å². The minimum Gasteiger partial charge on any atom is -0.378 e. The first-order valence-corrected chi connectivity index (χ1v) is 7.50. The number of carbonyl (C=O) groups is 3. The summed E-state index contributed by atoms with van der Waals surface area (Å²) in [6, 6.07) is 0. The highest BCUT2D eigenvalue weighted by Crippen LogP contribution is 2.14. The van der Waals surface area contributed by atoms with E-state index >= 15 is 0 Å². The monoisotopic (exact) mass is 297 g/mol.